The summed E-state index contributed by atoms with van der Waals surface area (Å²) in [6.45, 7) is 0. The van der Waals surface area contributed by atoms with Crippen LogP contribution in [0.25, 0.3) is 0 Å². The molecule has 5 unspecified atom stereocenters. The Morgan fingerprint density at radius 2 is 2.10 bits per heavy atom. The van der Waals surface area contributed by atoms with Crippen LogP contribution in [-0.4, -0.2) is 18.3 Å². The van der Waals surface area contributed by atoms with E-state index >= 15 is 0 Å². The molecule has 0 aromatic heterocycles. The van der Waals surface area contributed by atoms with Gasteiger partial charge in [0.25, 0.3) is 0 Å². The molecule has 5 atom stereocenters. The Balaban J connectivity index is 1.78. The summed E-state index contributed by atoms with van der Waals surface area (Å²) in [5.41, 5.74) is 12.0. The number of fused-ring (bicyclic) bond motifs is 1. The first-order valence-electron chi connectivity index (χ1n) is 6.86. The normalized spacial score (nSPS) is 35.0. The molecule has 21 heavy (non-hydrogen) atoms. The molecular formula is C14H16F2N4O. The van der Waals surface area contributed by atoms with Crippen LogP contribution in [-0.2, 0) is 0 Å². The number of nitrogens with two attached hydrogens (primary N) is 1. The third kappa shape index (κ3) is 2.70. The molecule has 1 saturated carbocycles. The van der Waals surface area contributed by atoms with Crippen LogP contribution in [0, 0.1) is 34.8 Å². The summed E-state index contributed by atoms with van der Waals surface area (Å²) in [6.07, 6.45) is 0.443. The van der Waals surface area contributed by atoms with Gasteiger partial charge in [0.15, 0.2) is 11.6 Å². The van der Waals surface area contributed by atoms with E-state index in [0.717, 1.165) is 12.1 Å². The first-order chi connectivity index (χ1) is 10.1. The molecule has 2 fully saturated rings. The van der Waals surface area contributed by atoms with E-state index in [0.29, 0.717) is 12.8 Å². The lowest BCUT2D eigenvalue weighted by Crippen LogP contribution is -2.45. The largest absolute Gasteiger partial charge is 0.486 e. The van der Waals surface area contributed by atoms with Gasteiger partial charge in [-0.1, -0.05) is 0 Å². The van der Waals surface area contributed by atoms with E-state index in [-0.39, 0.29) is 29.8 Å². The van der Waals surface area contributed by atoms with Crippen molar-refractivity contribution in [2.24, 2.45) is 17.6 Å². The minimum absolute atomic E-state index is 0.0346. The summed E-state index contributed by atoms with van der Waals surface area (Å²) in [7, 11) is 0. The number of hydrogen-bond donors (Lipinski definition) is 3. The van der Waals surface area contributed by atoms with Gasteiger partial charge < -0.3 is 10.5 Å². The van der Waals surface area contributed by atoms with Gasteiger partial charge in [-0.2, -0.15) is 5.26 Å². The molecule has 0 spiro atoms. The monoisotopic (exact) mass is 294 g/mol. The summed E-state index contributed by atoms with van der Waals surface area (Å²) in [5, 5.41) is 9.28. The van der Waals surface area contributed by atoms with Crippen LogP contribution >= 0.6 is 0 Å². The molecule has 112 valence electrons. The molecule has 1 aromatic rings. The minimum atomic E-state index is -0.763. The van der Waals surface area contributed by atoms with E-state index in [2.05, 4.69) is 16.9 Å². The van der Waals surface area contributed by atoms with Crippen molar-refractivity contribution in [2.75, 3.05) is 0 Å². The molecule has 0 amide bonds. The van der Waals surface area contributed by atoms with Crippen LogP contribution < -0.4 is 21.3 Å². The summed E-state index contributed by atoms with van der Waals surface area (Å²) in [4.78, 5) is 0. The van der Waals surface area contributed by atoms with Crippen molar-refractivity contribution in [3.63, 3.8) is 0 Å². The zero-order chi connectivity index (χ0) is 15.0. The smallest absolute Gasteiger partial charge is 0.167 e. The zero-order valence-electron chi connectivity index (χ0n) is 11.2. The molecule has 1 aliphatic heterocycles. The third-order valence-electron chi connectivity index (χ3n) is 4.21. The third-order valence-corrected chi connectivity index (χ3v) is 4.21. The highest BCUT2D eigenvalue weighted by molar-refractivity contribution is 5.25. The van der Waals surface area contributed by atoms with Crippen LogP contribution in [0.2, 0.25) is 0 Å². The average molecular weight is 294 g/mol. The van der Waals surface area contributed by atoms with Gasteiger partial charge in [0, 0.05) is 18.0 Å². The fourth-order valence-corrected chi connectivity index (χ4v) is 3.07. The predicted octanol–water partition coefficient (Wildman–Crippen LogP) is 1.02. The lowest BCUT2D eigenvalue weighted by molar-refractivity contribution is 0.0761. The van der Waals surface area contributed by atoms with Crippen LogP contribution in [0.15, 0.2) is 18.2 Å². The van der Waals surface area contributed by atoms with Crippen LogP contribution in [0.4, 0.5) is 8.78 Å². The first kappa shape index (κ1) is 14.2. The minimum Gasteiger partial charge on any atom is -0.486 e. The number of ether oxygens (including phenoxy) is 1. The van der Waals surface area contributed by atoms with Crippen molar-refractivity contribution >= 4 is 0 Å². The van der Waals surface area contributed by atoms with Crippen LogP contribution in [0.3, 0.4) is 0 Å². The SMILES string of the molecule is N#CC1CC2NNC(N)C2CC1Oc1ccc(F)cc1F. The van der Waals surface area contributed by atoms with E-state index in [1.807, 2.05) is 0 Å². The average Bonchev–Trinajstić information content (AvgIpc) is 2.82. The maximum atomic E-state index is 13.7. The van der Waals surface area contributed by atoms with E-state index in [1.165, 1.54) is 6.07 Å². The Morgan fingerprint density at radius 3 is 2.81 bits per heavy atom. The van der Waals surface area contributed by atoms with Gasteiger partial charge in [0.1, 0.15) is 11.9 Å². The van der Waals surface area contributed by atoms with Gasteiger partial charge in [-0.25, -0.2) is 14.2 Å². The molecule has 0 radical (unpaired) electrons. The molecule has 1 aromatic carbocycles. The lowest BCUT2D eigenvalue weighted by atomic mass is 9.77. The van der Waals surface area contributed by atoms with Crippen molar-refractivity contribution in [1.82, 2.24) is 10.9 Å². The van der Waals surface area contributed by atoms with Crippen molar-refractivity contribution in [3.05, 3.63) is 29.8 Å². The van der Waals surface area contributed by atoms with Crippen molar-refractivity contribution in [3.8, 4) is 11.8 Å². The number of nitrogens with zero attached hydrogens (tertiary/aromatic N) is 1. The van der Waals surface area contributed by atoms with Crippen molar-refractivity contribution in [2.45, 2.75) is 31.2 Å². The van der Waals surface area contributed by atoms with E-state index in [1.54, 1.807) is 0 Å². The number of hydrazine groups is 1. The van der Waals surface area contributed by atoms with Gasteiger partial charge in [-0.05, 0) is 25.0 Å². The molecule has 4 N–H and O–H groups in total. The van der Waals surface area contributed by atoms with Crippen molar-refractivity contribution < 1.29 is 13.5 Å². The highest BCUT2D eigenvalue weighted by Gasteiger charge is 2.44. The number of hydrogen-bond acceptors (Lipinski definition) is 5. The second kappa shape index (κ2) is 5.56. The Labute approximate surface area is 121 Å². The van der Waals surface area contributed by atoms with E-state index in [9.17, 15) is 14.0 Å². The van der Waals surface area contributed by atoms with Gasteiger partial charge in [0.2, 0.25) is 0 Å². The number of halogens is 2. The summed E-state index contributed by atoms with van der Waals surface area (Å²) in [6, 6.07) is 5.47. The van der Waals surface area contributed by atoms with Gasteiger partial charge in [0.05, 0.1) is 18.2 Å². The molecule has 0 bridgehead atoms. The quantitative estimate of drug-likeness (QED) is 0.758. The summed E-state index contributed by atoms with van der Waals surface area (Å²) < 4.78 is 32.2. The topological polar surface area (TPSA) is 83.1 Å². The molecule has 1 heterocycles. The van der Waals surface area contributed by atoms with Gasteiger partial charge in [-0.15, -0.1) is 0 Å². The maximum absolute atomic E-state index is 13.7. The molecular weight excluding hydrogens is 278 g/mol. The number of rotatable bonds is 2. The number of nitrogens with one attached hydrogen (secondary N) is 2. The fraction of sp³-hybridized carbons (Fsp3) is 0.500. The summed E-state index contributed by atoms with van der Waals surface area (Å²) >= 11 is 0. The molecule has 5 nitrogen and oxygen atoms in total. The molecule has 1 saturated heterocycles. The lowest BCUT2D eigenvalue weighted by Gasteiger charge is -2.35. The standard InChI is InChI=1S/C14H16F2N4O/c15-8-1-2-12(10(16)4-8)21-13-5-9-11(3-7(13)6-17)19-20-14(9)18/h1-2,4,7,9,11,13-14,19-20H,3,5,18H2. The molecule has 2 aliphatic rings. The Kier molecular flexibility index (Phi) is 3.76. The molecule has 7 heteroatoms. The van der Waals surface area contributed by atoms with Gasteiger partial charge in [-0.3, -0.25) is 5.43 Å². The molecule has 1 aliphatic carbocycles. The maximum Gasteiger partial charge on any atom is 0.167 e. The fourth-order valence-electron chi connectivity index (χ4n) is 3.07. The second-order valence-electron chi connectivity index (χ2n) is 5.52. The first-order valence-corrected chi connectivity index (χ1v) is 6.86. The van der Waals surface area contributed by atoms with Crippen molar-refractivity contribution in [1.29, 1.82) is 5.26 Å². The highest BCUT2D eigenvalue weighted by atomic mass is 19.1. The van der Waals surface area contributed by atoms with E-state index < -0.39 is 17.7 Å². The van der Waals surface area contributed by atoms with Crippen LogP contribution in [0.5, 0.6) is 5.75 Å². The Hall–Kier alpha value is -1.75. The van der Waals surface area contributed by atoms with Crippen LogP contribution in [0.1, 0.15) is 12.8 Å². The zero-order valence-corrected chi connectivity index (χ0v) is 11.2. The highest BCUT2D eigenvalue weighted by Crippen LogP contribution is 2.35. The Bertz CT molecular complexity index is 577. The van der Waals surface area contributed by atoms with Gasteiger partial charge >= 0.3 is 0 Å². The number of benzene rings is 1. The predicted molar refractivity (Wildman–Crippen MR) is 70.6 cm³/mol. The second-order valence-corrected chi connectivity index (χ2v) is 5.52. The molecule has 3 rings (SSSR count). The van der Waals surface area contributed by atoms with E-state index in [4.69, 9.17) is 10.5 Å². The summed E-state index contributed by atoms with van der Waals surface area (Å²) in [5.74, 6) is -1.71. The Morgan fingerprint density at radius 1 is 1.29 bits per heavy atom. The number of nitriles is 1.